The molecule has 0 radical (unpaired) electrons. The summed E-state index contributed by atoms with van der Waals surface area (Å²) in [5, 5.41) is 13.9. The summed E-state index contributed by atoms with van der Waals surface area (Å²) in [7, 11) is 0. The minimum absolute atomic E-state index is 0.122. The largest absolute Gasteiger partial charge is 0.341 e. The first-order chi connectivity index (χ1) is 15.6. The van der Waals surface area contributed by atoms with E-state index in [9.17, 15) is 4.79 Å². The van der Waals surface area contributed by atoms with Crippen molar-refractivity contribution < 1.29 is 4.79 Å². The van der Waals surface area contributed by atoms with Crippen molar-refractivity contribution in [3.8, 4) is 5.69 Å². The summed E-state index contributed by atoms with van der Waals surface area (Å²) >= 11 is 3.14. The Hall–Kier alpha value is -2.78. The van der Waals surface area contributed by atoms with Gasteiger partial charge in [0.25, 0.3) is 0 Å². The van der Waals surface area contributed by atoms with Gasteiger partial charge in [-0.25, -0.2) is 4.98 Å². The second kappa shape index (κ2) is 8.99. The summed E-state index contributed by atoms with van der Waals surface area (Å²) in [5.74, 6) is 0.740. The Kier molecular flexibility index (Phi) is 5.93. The zero-order valence-corrected chi connectivity index (χ0v) is 19.7. The zero-order valence-electron chi connectivity index (χ0n) is 18.1. The number of rotatable bonds is 5. The lowest BCUT2D eigenvalue weighted by atomic mass is 9.99. The van der Waals surface area contributed by atoms with Crippen molar-refractivity contribution in [3.63, 3.8) is 0 Å². The predicted molar refractivity (Wildman–Crippen MR) is 128 cm³/mol. The van der Waals surface area contributed by atoms with E-state index in [0.29, 0.717) is 16.8 Å². The van der Waals surface area contributed by atoms with Crippen LogP contribution in [0.5, 0.6) is 0 Å². The van der Waals surface area contributed by atoms with Crippen LogP contribution in [0.25, 0.3) is 15.9 Å². The van der Waals surface area contributed by atoms with E-state index in [1.807, 2.05) is 29.2 Å². The molecule has 3 heterocycles. The second-order valence-corrected chi connectivity index (χ2v) is 10.1. The van der Waals surface area contributed by atoms with Gasteiger partial charge in [0, 0.05) is 19.0 Å². The van der Waals surface area contributed by atoms with Crippen LogP contribution in [0.4, 0.5) is 0 Å². The number of aromatic nitrogens is 5. The lowest BCUT2D eigenvalue weighted by Gasteiger charge is -2.31. The van der Waals surface area contributed by atoms with Crippen molar-refractivity contribution in [2.75, 3.05) is 18.8 Å². The highest BCUT2D eigenvalue weighted by molar-refractivity contribution is 7.99. The SMILES string of the molecule is Cc1cccc(-n2nnnc2SCC(=O)N2CCCC(c3nc4ccccc4s3)C2)c1C. The van der Waals surface area contributed by atoms with Gasteiger partial charge in [0.05, 0.1) is 26.7 Å². The number of thioether (sulfide) groups is 1. The fraction of sp³-hybridized carbons (Fsp3) is 0.348. The standard InChI is InChI=1S/C23H24N6OS2/c1-15-7-5-10-19(16(15)2)29-23(25-26-27-29)31-14-21(30)28-12-6-8-17(13-28)22-24-18-9-3-4-11-20(18)32-22/h3-5,7,9-11,17H,6,8,12-14H2,1-2H3. The Morgan fingerprint density at radius 1 is 1.19 bits per heavy atom. The summed E-state index contributed by atoms with van der Waals surface area (Å²) in [6.45, 7) is 5.64. The van der Waals surface area contributed by atoms with Crippen LogP contribution in [0.2, 0.25) is 0 Å². The number of fused-ring (bicyclic) bond motifs is 1. The van der Waals surface area contributed by atoms with E-state index in [1.54, 1.807) is 16.0 Å². The lowest BCUT2D eigenvalue weighted by Crippen LogP contribution is -2.40. The molecule has 1 saturated heterocycles. The number of hydrogen-bond donors (Lipinski definition) is 0. The normalized spacial score (nSPS) is 16.6. The molecule has 1 amide bonds. The molecule has 4 aromatic rings. The van der Waals surface area contributed by atoms with Gasteiger partial charge >= 0.3 is 0 Å². The Labute approximate surface area is 194 Å². The summed E-state index contributed by atoms with van der Waals surface area (Å²) in [5.41, 5.74) is 4.30. The maximum Gasteiger partial charge on any atom is 0.233 e. The van der Waals surface area contributed by atoms with Gasteiger partial charge in [-0.15, -0.1) is 16.4 Å². The number of carbonyl (C=O) groups is 1. The van der Waals surface area contributed by atoms with Crippen molar-refractivity contribution in [2.45, 2.75) is 37.8 Å². The molecule has 1 unspecified atom stereocenters. The molecule has 1 aliphatic heterocycles. The first-order valence-corrected chi connectivity index (χ1v) is 12.5. The van der Waals surface area contributed by atoms with Gasteiger partial charge in [0.15, 0.2) is 0 Å². The van der Waals surface area contributed by atoms with Crippen molar-refractivity contribution in [1.29, 1.82) is 0 Å². The van der Waals surface area contributed by atoms with Crippen molar-refractivity contribution in [1.82, 2.24) is 30.1 Å². The average molecular weight is 465 g/mol. The number of thiazole rings is 1. The zero-order chi connectivity index (χ0) is 22.1. The minimum Gasteiger partial charge on any atom is -0.341 e. The quantitative estimate of drug-likeness (QED) is 0.408. The molecule has 9 heteroatoms. The molecule has 0 saturated carbocycles. The summed E-state index contributed by atoms with van der Waals surface area (Å²) in [6, 6.07) is 14.3. The molecule has 0 aliphatic carbocycles. The van der Waals surface area contributed by atoms with Crippen LogP contribution in [-0.4, -0.2) is 54.8 Å². The third kappa shape index (κ3) is 4.14. The molecular weight excluding hydrogens is 440 g/mol. The van der Waals surface area contributed by atoms with Gasteiger partial charge in [-0.2, -0.15) is 4.68 Å². The summed E-state index contributed by atoms with van der Waals surface area (Å²) < 4.78 is 2.93. The van der Waals surface area contributed by atoms with Crippen LogP contribution in [0.1, 0.15) is 34.9 Å². The number of amides is 1. The van der Waals surface area contributed by atoms with Crippen LogP contribution >= 0.6 is 23.1 Å². The van der Waals surface area contributed by atoms with E-state index in [0.717, 1.165) is 47.7 Å². The molecule has 2 aromatic carbocycles. The van der Waals surface area contributed by atoms with E-state index in [1.165, 1.54) is 22.0 Å². The van der Waals surface area contributed by atoms with Crippen LogP contribution in [0, 0.1) is 13.8 Å². The Bertz CT molecular complexity index is 1230. The highest BCUT2D eigenvalue weighted by atomic mass is 32.2. The van der Waals surface area contributed by atoms with Crippen LogP contribution in [-0.2, 0) is 4.79 Å². The maximum absolute atomic E-state index is 13.0. The third-order valence-electron chi connectivity index (χ3n) is 6.00. The average Bonchev–Trinajstić information content (AvgIpc) is 3.46. The molecule has 1 atom stereocenters. The Balaban J connectivity index is 1.26. The van der Waals surface area contributed by atoms with Crippen LogP contribution in [0.15, 0.2) is 47.6 Å². The van der Waals surface area contributed by atoms with Gasteiger partial charge in [-0.1, -0.05) is 36.0 Å². The number of hydrogen-bond acceptors (Lipinski definition) is 7. The van der Waals surface area contributed by atoms with E-state index in [-0.39, 0.29) is 5.91 Å². The molecule has 0 bridgehead atoms. The van der Waals surface area contributed by atoms with Crippen molar-refractivity contribution in [2.24, 2.45) is 0 Å². The predicted octanol–water partition coefficient (Wildman–Crippen LogP) is 4.39. The molecule has 7 nitrogen and oxygen atoms in total. The van der Waals surface area contributed by atoms with Crippen LogP contribution < -0.4 is 0 Å². The number of tetrazole rings is 1. The van der Waals surface area contributed by atoms with Gasteiger partial charge in [0.1, 0.15) is 0 Å². The monoisotopic (exact) mass is 464 g/mol. The van der Waals surface area contributed by atoms with Gasteiger partial charge < -0.3 is 4.90 Å². The number of nitrogens with zero attached hydrogens (tertiary/aromatic N) is 6. The smallest absolute Gasteiger partial charge is 0.233 e. The summed E-state index contributed by atoms with van der Waals surface area (Å²) in [4.78, 5) is 19.8. The highest BCUT2D eigenvalue weighted by Crippen LogP contribution is 2.33. The molecule has 1 fully saturated rings. The number of para-hydroxylation sites is 1. The highest BCUT2D eigenvalue weighted by Gasteiger charge is 2.27. The Morgan fingerprint density at radius 3 is 2.94 bits per heavy atom. The minimum atomic E-state index is 0.122. The number of benzene rings is 2. The first-order valence-electron chi connectivity index (χ1n) is 10.7. The van der Waals surface area contributed by atoms with Crippen LogP contribution in [0.3, 0.4) is 0 Å². The summed E-state index contributed by atoms with van der Waals surface area (Å²) in [6.07, 6.45) is 2.07. The molecule has 164 valence electrons. The second-order valence-electron chi connectivity index (χ2n) is 8.08. The topological polar surface area (TPSA) is 76.8 Å². The molecule has 0 spiro atoms. The number of aryl methyl sites for hydroxylation is 1. The molecule has 32 heavy (non-hydrogen) atoms. The molecule has 0 N–H and O–H groups in total. The third-order valence-corrected chi connectivity index (χ3v) is 8.11. The fourth-order valence-electron chi connectivity index (χ4n) is 4.07. The number of likely N-dealkylation sites (tertiary alicyclic amines) is 1. The van der Waals surface area contributed by atoms with Crippen molar-refractivity contribution in [3.05, 3.63) is 58.6 Å². The van der Waals surface area contributed by atoms with Gasteiger partial charge in [-0.3, -0.25) is 4.79 Å². The van der Waals surface area contributed by atoms with E-state index in [4.69, 9.17) is 4.98 Å². The number of carbonyl (C=O) groups excluding carboxylic acids is 1. The lowest BCUT2D eigenvalue weighted by molar-refractivity contribution is -0.129. The fourth-order valence-corrected chi connectivity index (χ4v) is 5.95. The van der Waals surface area contributed by atoms with Gasteiger partial charge in [-0.05, 0) is 66.4 Å². The molecule has 2 aromatic heterocycles. The molecule has 1 aliphatic rings. The number of piperidine rings is 1. The first kappa shape index (κ1) is 21.1. The van der Waals surface area contributed by atoms with Crippen molar-refractivity contribution >= 4 is 39.2 Å². The molecule has 5 rings (SSSR count). The van der Waals surface area contributed by atoms with Gasteiger partial charge in [0.2, 0.25) is 11.1 Å². The van der Waals surface area contributed by atoms with E-state index in [2.05, 4.69) is 47.6 Å². The van der Waals surface area contributed by atoms with E-state index >= 15 is 0 Å². The van der Waals surface area contributed by atoms with E-state index < -0.39 is 0 Å². The Morgan fingerprint density at radius 2 is 2.06 bits per heavy atom. The maximum atomic E-state index is 13.0. The molecular formula is C23H24N6OS2.